The lowest BCUT2D eigenvalue weighted by Gasteiger charge is -2.21. The van der Waals surface area contributed by atoms with Crippen molar-refractivity contribution in [3.63, 3.8) is 0 Å². The van der Waals surface area contributed by atoms with Gasteiger partial charge in [0.25, 0.3) is 0 Å². The molecule has 2 heterocycles. The number of para-hydroxylation sites is 3. The Morgan fingerprint density at radius 1 is 1.00 bits per heavy atom. The zero-order valence-electron chi connectivity index (χ0n) is 11.9. The topological polar surface area (TPSA) is 33.4 Å². The van der Waals surface area contributed by atoms with Gasteiger partial charge in [-0.3, -0.25) is 4.40 Å². The first-order valence-electron chi connectivity index (χ1n) is 6.95. The lowest BCUT2D eigenvalue weighted by Crippen LogP contribution is -2.13. The number of nitrogens with zero attached hydrogens (tertiary/aromatic N) is 4. The molecular weight excluding hydrogens is 296 g/mol. The van der Waals surface area contributed by atoms with Gasteiger partial charge in [-0.25, -0.2) is 9.97 Å². The van der Waals surface area contributed by atoms with E-state index >= 15 is 0 Å². The van der Waals surface area contributed by atoms with Crippen molar-refractivity contribution in [2.45, 2.75) is 0 Å². The zero-order valence-corrected chi connectivity index (χ0v) is 12.7. The predicted octanol–water partition coefficient (Wildman–Crippen LogP) is 4.30. The molecule has 0 bridgehead atoms. The van der Waals surface area contributed by atoms with E-state index in [-0.39, 0.29) is 0 Å². The van der Waals surface area contributed by atoms with Crippen molar-refractivity contribution in [1.29, 1.82) is 0 Å². The molecule has 2 aromatic carbocycles. The molecule has 0 aliphatic carbocycles. The summed E-state index contributed by atoms with van der Waals surface area (Å²) in [5.41, 5.74) is 3.81. The smallest absolute Gasteiger partial charge is 0.159 e. The number of hydrogen-bond donors (Lipinski definition) is 0. The largest absolute Gasteiger partial charge is 0.326 e. The highest BCUT2D eigenvalue weighted by atomic mass is 35.5. The second-order valence-electron chi connectivity index (χ2n) is 5.08. The maximum absolute atomic E-state index is 6.32. The highest BCUT2D eigenvalue weighted by molar-refractivity contribution is 6.33. The number of halogens is 1. The third kappa shape index (κ3) is 1.92. The van der Waals surface area contributed by atoms with Gasteiger partial charge in [0.05, 0.1) is 34.3 Å². The van der Waals surface area contributed by atoms with E-state index in [1.54, 1.807) is 0 Å². The molecule has 0 radical (unpaired) electrons. The Hall–Kier alpha value is -2.59. The summed E-state index contributed by atoms with van der Waals surface area (Å²) in [4.78, 5) is 11.1. The molecule has 4 rings (SSSR count). The molecular formula is C17H13ClN4. The lowest BCUT2D eigenvalue weighted by atomic mass is 10.2. The molecule has 2 aromatic heterocycles. The van der Waals surface area contributed by atoms with Crippen LogP contribution in [0.5, 0.6) is 0 Å². The number of aromatic nitrogens is 3. The molecule has 0 aliphatic heterocycles. The number of anilines is 2. The number of hydrogen-bond acceptors (Lipinski definition) is 3. The highest BCUT2D eigenvalue weighted by Crippen LogP contribution is 2.32. The van der Waals surface area contributed by atoms with Gasteiger partial charge in [0.2, 0.25) is 0 Å². The van der Waals surface area contributed by atoms with Crippen molar-refractivity contribution in [3.05, 3.63) is 66.1 Å². The van der Waals surface area contributed by atoms with Crippen LogP contribution in [0.3, 0.4) is 0 Å². The maximum Gasteiger partial charge on any atom is 0.159 e. The van der Waals surface area contributed by atoms with Gasteiger partial charge in [-0.1, -0.05) is 35.9 Å². The molecule has 0 saturated carbocycles. The first kappa shape index (κ1) is 13.1. The van der Waals surface area contributed by atoms with E-state index < -0.39 is 0 Å². The van der Waals surface area contributed by atoms with Gasteiger partial charge >= 0.3 is 0 Å². The third-order valence-electron chi connectivity index (χ3n) is 3.77. The van der Waals surface area contributed by atoms with Crippen LogP contribution < -0.4 is 4.90 Å². The average Bonchev–Trinajstić information content (AvgIpc) is 3.04. The van der Waals surface area contributed by atoms with Gasteiger partial charge < -0.3 is 4.90 Å². The van der Waals surface area contributed by atoms with Crippen LogP contribution in [-0.4, -0.2) is 21.4 Å². The van der Waals surface area contributed by atoms with Gasteiger partial charge in [0.1, 0.15) is 5.52 Å². The standard InChI is InChI=1S/C17H13ClN4/c1-21(14-8-4-2-6-12(14)18)17-16-10-19-11-22(16)15-9-5-3-7-13(15)20-17/h2-11H,1H3. The normalized spacial score (nSPS) is 11.2. The van der Waals surface area contributed by atoms with Crippen LogP contribution in [0.25, 0.3) is 16.6 Å². The van der Waals surface area contributed by atoms with Crippen molar-refractivity contribution in [3.8, 4) is 0 Å². The molecule has 0 amide bonds. The molecule has 0 atom stereocenters. The summed E-state index contributed by atoms with van der Waals surface area (Å²) < 4.78 is 2.05. The summed E-state index contributed by atoms with van der Waals surface area (Å²) in [6.07, 6.45) is 3.63. The van der Waals surface area contributed by atoms with Crippen molar-refractivity contribution in [2.75, 3.05) is 11.9 Å². The number of rotatable bonds is 2. The van der Waals surface area contributed by atoms with E-state index in [0.717, 1.165) is 28.1 Å². The first-order chi connectivity index (χ1) is 10.8. The summed E-state index contributed by atoms with van der Waals surface area (Å²) in [7, 11) is 1.96. The Bertz CT molecular complexity index is 977. The molecule has 0 unspecified atom stereocenters. The van der Waals surface area contributed by atoms with Gasteiger partial charge in [-0.05, 0) is 24.3 Å². The van der Waals surface area contributed by atoms with Crippen molar-refractivity contribution in [1.82, 2.24) is 14.4 Å². The van der Waals surface area contributed by atoms with Crippen molar-refractivity contribution < 1.29 is 0 Å². The first-order valence-corrected chi connectivity index (χ1v) is 7.32. The number of benzene rings is 2. The van der Waals surface area contributed by atoms with E-state index in [1.807, 2.05) is 77.4 Å². The Balaban J connectivity index is 2.01. The highest BCUT2D eigenvalue weighted by Gasteiger charge is 2.15. The van der Waals surface area contributed by atoms with Crippen LogP contribution in [0.4, 0.5) is 11.5 Å². The molecule has 0 N–H and O–H groups in total. The molecule has 0 aliphatic rings. The van der Waals surface area contributed by atoms with Crippen LogP contribution in [0.15, 0.2) is 61.1 Å². The Morgan fingerprint density at radius 2 is 1.77 bits per heavy atom. The summed E-state index contributed by atoms with van der Waals surface area (Å²) in [6, 6.07) is 15.8. The fourth-order valence-electron chi connectivity index (χ4n) is 2.67. The monoisotopic (exact) mass is 308 g/mol. The molecule has 4 aromatic rings. The van der Waals surface area contributed by atoms with Gasteiger partial charge in [0, 0.05) is 7.05 Å². The van der Waals surface area contributed by atoms with Gasteiger partial charge in [0.15, 0.2) is 5.82 Å². The van der Waals surface area contributed by atoms with E-state index in [4.69, 9.17) is 16.6 Å². The molecule has 5 heteroatoms. The molecule has 0 saturated heterocycles. The van der Waals surface area contributed by atoms with Crippen LogP contribution in [0.1, 0.15) is 0 Å². The van der Waals surface area contributed by atoms with Gasteiger partial charge in [-0.2, -0.15) is 0 Å². The summed E-state index contributed by atoms with van der Waals surface area (Å²) in [6.45, 7) is 0. The van der Waals surface area contributed by atoms with Crippen LogP contribution >= 0.6 is 11.6 Å². The zero-order chi connectivity index (χ0) is 15.1. The van der Waals surface area contributed by atoms with Crippen molar-refractivity contribution >= 4 is 39.7 Å². The molecule has 4 nitrogen and oxygen atoms in total. The fourth-order valence-corrected chi connectivity index (χ4v) is 2.93. The maximum atomic E-state index is 6.32. The van der Waals surface area contributed by atoms with Crippen LogP contribution in [-0.2, 0) is 0 Å². The molecule has 0 fully saturated rings. The lowest BCUT2D eigenvalue weighted by molar-refractivity contribution is 1.12. The SMILES string of the molecule is CN(c1ccccc1Cl)c1nc2ccccc2n2cncc12. The summed E-state index contributed by atoms with van der Waals surface area (Å²) in [5, 5.41) is 0.692. The average molecular weight is 309 g/mol. The third-order valence-corrected chi connectivity index (χ3v) is 4.09. The Kier molecular flexibility index (Phi) is 2.98. The quantitative estimate of drug-likeness (QED) is 0.553. The minimum absolute atomic E-state index is 0.692. The second kappa shape index (κ2) is 5.00. The minimum atomic E-state index is 0.692. The Labute approximate surface area is 132 Å². The molecule has 108 valence electrons. The Morgan fingerprint density at radius 3 is 2.64 bits per heavy atom. The van der Waals surface area contributed by atoms with Gasteiger partial charge in [-0.15, -0.1) is 0 Å². The van der Waals surface area contributed by atoms with Crippen LogP contribution in [0, 0.1) is 0 Å². The number of imidazole rings is 1. The van der Waals surface area contributed by atoms with E-state index in [0.29, 0.717) is 5.02 Å². The predicted molar refractivity (Wildman–Crippen MR) is 90.0 cm³/mol. The number of fused-ring (bicyclic) bond motifs is 3. The summed E-state index contributed by atoms with van der Waals surface area (Å²) >= 11 is 6.32. The fraction of sp³-hybridized carbons (Fsp3) is 0.0588. The van der Waals surface area contributed by atoms with E-state index in [9.17, 15) is 0 Å². The van der Waals surface area contributed by atoms with E-state index in [2.05, 4.69) is 4.98 Å². The minimum Gasteiger partial charge on any atom is -0.326 e. The second-order valence-corrected chi connectivity index (χ2v) is 5.49. The molecule has 0 spiro atoms. The molecule has 22 heavy (non-hydrogen) atoms. The van der Waals surface area contributed by atoms with E-state index in [1.165, 1.54) is 0 Å². The van der Waals surface area contributed by atoms with Crippen LogP contribution in [0.2, 0.25) is 5.02 Å². The summed E-state index contributed by atoms with van der Waals surface area (Å²) in [5.74, 6) is 0.823. The van der Waals surface area contributed by atoms with Crippen molar-refractivity contribution in [2.24, 2.45) is 0 Å².